The molecule has 2 amide bonds. The molecule has 0 aromatic heterocycles. The number of hydrogen-bond donors (Lipinski definition) is 2. The zero-order chi connectivity index (χ0) is 22.5. The molecule has 8 nitrogen and oxygen atoms in total. The smallest absolute Gasteiger partial charge is 0.243 e. The number of hydrogen-bond acceptors (Lipinski definition) is 5. The Morgan fingerprint density at radius 3 is 2.37 bits per heavy atom. The molecule has 162 valence electrons. The van der Waals surface area contributed by atoms with Crippen molar-refractivity contribution in [2.45, 2.75) is 24.8 Å². The van der Waals surface area contributed by atoms with E-state index in [4.69, 9.17) is 4.74 Å². The number of nitrogens with one attached hydrogen (secondary N) is 2. The van der Waals surface area contributed by atoms with Crippen LogP contribution in [0.5, 0.6) is 5.75 Å². The quantitative estimate of drug-likeness (QED) is 0.582. The summed E-state index contributed by atoms with van der Waals surface area (Å²) in [6.45, 7) is 3.06. The summed E-state index contributed by atoms with van der Waals surface area (Å²) in [7, 11) is -0.990. The van der Waals surface area contributed by atoms with Crippen molar-refractivity contribution in [3.8, 4) is 5.75 Å². The molecule has 0 saturated carbocycles. The average Bonchev–Trinajstić information content (AvgIpc) is 2.69. The number of sulfonamides is 1. The van der Waals surface area contributed by atoms with Crippen LogP contribution in [0.4, 0.5) is 5.69 Å². The standard InChI is InChI=1S/C20H24BrN3O5S/c1-13-11-15(21)5-10-18(13)22-19(25)12-24(3)20(26)14(2)23-30(27,28)17-8-6-16(29-4)7-9-17/h5-11,14,23H,12H2,1-4H3,(H,22,25)/t14-/m0/s1. The molecule has 2 rings (SSSR count). The van der Waals surface area contributed by atoms with Crippen molar-refractivity contribution in [1.82, 2.24) is 9.62 Å². The van der Waals surface area contributed by atoms with Gasteiger partial charge in [-0.1, -0.05) is 15.9 Å². The third-order valence-electron chi connectivity index (χ3n) is 4.29. The zero-order valence-electron chi connectivity index (χ0n) is 17.1. The Kier molecular flexibility index (Phi) is 7.99. The van der Waals surface area contributed by atoms with Crippen molar-refractivity contribution in [2.75, 3.05) is 26.0 Å². The van der Waals surface area contributed by atoms with Crippen molar-refractivity contribution in [1.29, 1.82) is 0 Å². The maximum Gasteiger partial charge on any atom is 0.243 e. The molecule has 2 aromatic carbocycles. The highest BCUT2D eigenvalue weighted by atomic mass is 79.9. The van der Waals surface area contributed by atoms with E-state index in [1.807, 2.05) is 13.0 Å². The average molecular weight is 498 g/mol. The van der Waals surface area contributed by atoms with Crippen molar-refractivity contribution < 1.29 is 22.7 Å². The molecule has 0 saturated heterocycles. The van der Waals surface area contributed by atoms with Crippen LogP contribution in [0.2, 0.25) is 0 Å². The van der Waals surface area contributed by atoms with E-state index in [0.29, 0.717) is 11.4 Å². The van der Waals surface area contributed by atoms with E-state index in [2.05, 4.69) is 26.0 Å². The number of benzene rings is 2. The molecule has 0 unspecified atom stereocenters. The van der Waals surface area contributed by atoms with Gasteiger partial charge >= 0.3 is 0 Å². The number of anilines is 1. The van der Waals surface area contributed by atoms with E-state index in [1.165, 1.54) is 50.2 Å². The minimum Gasteiger partial charge on any atom is -0.497 e. The Morgan fingerprint density at radius 2 is 1.80 bits per heavy atom. The Morgan fingerprint density at radius 1 is 1.17 bits per heavy atom. The topological polar surface area (TPSA) is 105 Å². The van der Waals surface area contributed by atoms with Gasteiger partial charge in [-0.25, -0.2) is 8.42 Å². The van der Waals surface area contributed by atoms with Gasteiger partial charge in [-0.3, -0.25) is 9.59 Å². The van der Waals surface area contributed by atoms with Gasteiger partial charge in [0, 0.05) is 17.2 Å². The van der Waals surface area contributed by atoms with Crippen LogP contribution in [0.3, 0.4) is 0 Å². The number of carbonyl (C=O) groups excluding carboxylic acids is 2. The van der Waals surface area contributed by atoms with Crippen molar-refractivity contribution in [2.24, 2.45) is 0 Å². The molecule has 0 spiro atoms. The van der Waals surface area contributed by atoms with Gasteiger partial charge in [-0.15, -0.1) is 0 Å². The maximum atomic E-state index is 12.5. The van der Waals surface area contributed by atoms with Crippen LogP contribution < -0.4 is 14.8 Å². The number of rotatable bonds is 8. The summed E-state index contributed by atoms with van der Waals surface area (Å²) in [5.41, 5.74) is 1.50. The summed E-state index contributed by atoms with van der Waals surface area (Å²) in [6.07, 6.45) is 0. The number of methoxy groups -OCH3 is 1. The second kappa shape index (κ2) is 10.1. The van der Waals surface area contributed by atoms with Gasteiger partial charge in [0.05, 0.1) is 24.6 Å². The number of likely N-dealkylation sites (N-methyl/N-ethyl adjacent to an activating group) is 1. The van der Waals surface area contributed by atoms with Gasteiger partial charge in [-0.2, -0.15) is 4.72 Å². The van der Waals surface area contributed by atoms with Gasteiger partial charge < -0.3 is 15.0 Å². The Labute approximate surface area is 184 Å². The lowest BCUT2D eigenvalue weighted by molar-refractivity contribution is -0.134. The first-order valence-electron chi connectivity index (χ1n) is 9.01. The summed E-state index contributed by atoms with van der Waals surface area (Å²) < 4.78 is 33.2. The minimum absolute atomic E-state index is 0.00839. The SMILES string of the molecule is COc1ccc(S(=O)(=O)N[C@@H](C)C(=O)N(C)CC(=O)Nc2ccc(Br)cc2C)cc1. The predicted octanol–water partition coefficient (Wildman–Crippen LogP) is 2.53. The van der Waals surface area contributed by atoms with Gasteiger partial charge in [0.2, 0.25) is 21.8 Å². The van der Waals surface area contributed by atoms with Crippen LogP contribution in [-0.2, 0) is 19.6 Å². The molecule has 0 aliphatic carbocycles. The fraction of sp³-hybridized carbons (Fsp3) is 0.300. The summed E-state index contributed by atoms with van der Waals surface area (Å²) in [5, 5.41) is 2.74. The predicted molar refractivity (Wildman–Crippen MR) is 118 cm³/mol. The minimum atomic E-state index is -3.91. The normalized spacial score (nSPS) is 12.2. The van der Waals surface area contributed by atoms with Gasteiger partial charge in [0.25, 0.3) is 0 Å². The van der Waals surface area contributed by atoms with Crippen LogP contribution in [0.15, 0.2) is 51.8 Å². The Balaban J connectivity index is 1.97. The molecule has 0 fully saturated rings. The first-order chi connectivity index (χ1) is 14.0. The van der Waals surface area contributed by atoms with Crippen LogP contribution in [0.25, 0.3) is 0 Å². The summed E-state index contributed by atoms with van der Waals surface area (Å²) in [5.74, 6) is -0.402. The third kappa shape index (κ3) is 6.28. The highest BCUT2D eigenvalue weighted by Crippen LogP contribution is 2.20. The number of carbonyl (C=O) groups is 2. The van der Waals surface area contributed by atoms with Crippen LogP contribution in [-0.4, -0.2) is 51.9 Å². The first kappa shape index (κ1) is 23.8. The van der Waals surface area contributed by atoms with E-state index >= 15 is 0 Å². The van der Waals surface area contributed by atoms with Gasteiger partial charge in [0.15, 0.2) is 0 Å². The van der Waals surface area contributed by atoms with E-state index < -0.39 is 22.0 Å². The number of aryl methyl sites for hydroxylation is 1. The Hall–Kier alpha value is -2.43. The molecule has 10 heteroatoms. The Bertz CT molecular complexity index is 1030. The summed E-state index contributed by atoms with van der Waals surface area (Å²) in [6, 6.07) is 10.2. The molecule has 0 bridgehead atoms. The molecule has 0 heterocycles. The highest BCUT2D eigenvalue weighted by Gasteiger charge is 2.25. The van der Waals surface area contributed by atoms with E-state index in [-0.39, 0.29) is 17.3 Å². The molecular weight excluding hydrogens is 474 g/mol. The monoisotopic (exact) mass is 497 g/mol. The molecule has 30 heavy (non-hydrogen) atoms. The lowest BCUT2D eigenvalue weighted by Gasteiger charge is -2.22. The zero-order valence-corrected chi connectivity index (χ0v) is 19.5. The van der Waals surface area contributed by atoms with Crippen molar-refractivity contribution in [3.05, 3.63) is 52.5 Å². The second-order valence-corrected chi connectivity index (χ2v) is 9.35. The van der Waals surface area contributed by atoms with E-state index in [0.717, 1.165) is 10.0 Å². The fourth-order valence-corrected chi connectivity index (χ4v) is 4.36. The van der Waals surface area contributed by atoms with Crippen molar-refractivity contribution >= 4 is 43.5 Å². The summed E-state index contributed by atoms with van der Waals surface area (Å²) in [4.78, 5) is 26.0. The highest BCUT2D eigenvalue weighted by molar-refractivity contribution is 9.10. The second-order valence-electron chi connectivity index (χ2n) is 6.72. The van der Waals surface area contributed by atoms with Crippen LogP contribution in [0, 0.1) is 6.92 Å². The molecule has 1 atom stereocenters. The number of nitrogens with zero attached hydrogens (tertiary/aromatic N) is 1. The number of amides is 2. The largest absolute Gasteiger partial charge is 0.497 e. The third-order valence-corrected chi connectivity index (χ3v) is 6.34. The first-order valence-corrected chi connectivity index (χ1v) is 11.3. The van der Waals surface area contributed by atoms with E-state index in [9.17, 15) is 18.0 Å². The van der Waals surface area contributed by atoms with Gasteiger partial charge in [-0.05, 0) is 61.9 Å². The van der Waals surface area contributed by atoms with Crippen LogP contribution in [0.1, 0.15) is 12.5 Å². The van der Waals surface area contributed by atoms with E-state index in [1.54, 1.807) is 12.1 Å². The van der Waals surface area contributed by atoms with Gasteiger partial charge in [0.1, 0.15) is 5.75 Å². The number of ether oxygens (including phenoxy) is 1. The molecule has 2 aromatic rings. The maximum absolute atomic E-state index is 12.5. The number of halogens is 1. The summed E-state index contributed by atoms with van der Waals surface area (Å²) >= 11 is 3.36. The molecule has 0 radical (unpaired) electrons. The lowest BCUT2D eigenvalue weighted by Crippen LogP contribution is -2.47. The molecule has 0 aliphatic rings. The molecule has 2 N–H and O–H groups in total. The molecular formula is C20H24BrN3O5S. The molecule has 0 aliphatic heterocycles. The lowest BCUT2D eigenvalue weighted by atomic mass is 10.2. The fourth-order valence-electron chi connectivity index (χ4n) is 2.69. The van der Waals surface area contributed by atoms with Crippen LogP contribution >= 0.6 is 15.9 Å². The van der Waals surface area contributed by atoms with Crippen molar-refractivity contribution in [3.63, 3.8) is 0 Å².